The Morgan fingerprint density at radius 1 is 1.32 bits per heavy atom. The van der Waals surface area contributed by atoms with Crippen LogP contribution in [0.25, 0.3) is 22.5 Å². The second kappa shape index (κ2) is 6.04. The minimum absolute atomic E-state index is 0.0565. The van der Waals surface area contributed by atoms with Gasteiger partial charge in [-0.05, 0) is 43.2 Å². The molecule has 1 saturated heterocycles. The molecule has 0 aliphatic carbocycles. The number of pyridine rings is 1. The van der Waals surface area contributed by atoms with Crippen LogP contribution in [0.15, 0.2) is 28.7 Å². The molecule has 1 atom stereocenters. The molecule has 1 aliphatic rings. The molecule has 3 aromatic rings. The van der Waals surface area contributed by atoms with Crippen molar-refractivity contribution >= 4 is 28.7 Å². The van der Waals surface area contributed by atoms with Gasteiger partial charge >= 0.3 is 0 Å². The Kier molecular flexibility index (Phi) is 3.84. The Morgan fingerprint density at radius 2 is 2.16 bits per heavy atom. The number of nitrogens with zero attached hydrogens (tertiary/aromatic N) is 2. The standard InChI is InChI=1S/C18H16ClN3O3/c1-9-6-11(19)7-13(23)16(9)12-3-4-14-17(21-12)22-18(25-14)10-2-5-15(24)20-8-10/h3-4,6-7,10,23H,2,5,8H2,1H3,(H,20,24)/t10-/m0/s1. The number of aromatic nitrogens is 2. The number of halogens is 1. The van der Waals surface area contributed by atoms with Gasteiger partial charge in [-0.1, -0.05) is 11.6 Å². The number of fused-ring (bicyclic) bond motifs is 1. The van der Waals surface area contributed by atoms with Gasteiger partial charge in [0.1, 0.15) is 5.75 Å². The highest BCUT2D eigenvalue weighted by Gasteiger charge is 2.24. The van der Waals surface area contributed by atoms with Crippen LogP contribution >= 0.6 is 11.6 Å². The molecule has 0 spiro atoms. The van der Waals surface area contributed by atoms with Crippen molar-refractivity contribution in [1.29, 1.82) is 0 Å². The number of rotatable bonds is 2. The quantitative estimate of drug-likeness (QED) is 0.732. The van der Waals surface area contributed by atoms with Gasteiger partial charge in [-0.3, -0.25) is 4.79 Å². The third-order valence-electron chi connectivity index (χ3n) is 4.42. The number of carbonyl (C=O) groups excluding carboxylic acids is 1. The normalized spacial score (nSPS) is 17.7. The molecule has 1 amide bonds. The lowest BCUT2D eigenvalue weighted by Crippen LogP contribution is -2.33. The summed E-state index contributed by atoms with van der Waals surface area (Å²) < 4.78 is 5.80. The van der Waals surface area contributed by atoms with Gasteiger partial charge in [0.05, 0.1) is 11.6 Å². The number of amides is 1. The lowest BCUT2D eigenvalue weighted by Gasteiger charge is -2.18. The molecule has 1 aromatic carbocycles. The number of nitrogens with one attached hydrogen (secondary N) is 1. The highest BCUT2D eigenvalue weighted by atomic mass is 35.5. The summed E-state index contributed by atoms with van der Waals surface area (Å²) >= 11 is 5.97. The summed E-state index contributed by atoms with van der Waals surface area (Å²) in [6.07, 6.45) is 1.18. The van der Waals surface area contributed by atoms with Crippen LogP contribution in [0.1, 0.15) is 30.2 Å². The molecule has 1 aliphatic heterocycles. The molecule has 7 heteroatoms. The van der Waals surface area contributed by atoms with E-state index in [0.717, 1.165) is 5.56 Å². The van der Waals surface area contributed by atoms with Crippen LogP contribution in [-0.4, -0.2) is 27.5 Å². The molecule has 0 bridgehead atoms. The van der Waals surface area contributed by atoms with Crippen molar-refractivity contribution in [2.24, 2.45) is 0 Å². The third kappa shape index (κ3) is 2.93. The number of piperidine rings is 1. The van der Waals surface area contributed by atoms with Crippen LogP contribution < -0.4 is 5.32 Å². The minimum atomic E-state index is 0.0565. The average molecular weight is 358 g/mol. The number of hydrogen-bond acceptors (Lipinski definition) is 5. The molecular formula is C18H16ClN3O3. The van der Waals surface area contributed by atoms with E-state index in [9.17, 15) is 9.90 Å². The Balaban J connectivity index is 1.73. The monoisotopic (exact) mass is 357 g/mol. The van der Waals surface area contributed by atoms with Crippen molar-refractivity contribution in [3.8, 4) is 17.0 Å². The maximum absolute atomic E-state index is 11.3. The molecule has 128 valence electrons. The van der Waals surface area contributed by atoms with E-state index in [0.29, 0.717) is 52.8 Å². The zero-order chi connectivity index (χ0) is 17.6. The maximum atomic E-state index is 11.3. The van der Waals surface area contributed by atoms with Gasteiger partial charge in [-0.15, -0.1) is 0 Å². The van der Waals surface area contributed by atoms with Crippen molar-refractivity contribution in [1.82, 2.24) is 15.3 Å². The van der Waals surface area contributed by atoms with E-state index in [1.165, 1.54) is 6.07 Å². The Labute approximate surface area is 148 Å². The summed E-state index contributed by atoms with van der Waals surface area (Å²) in [5.41, 5.74) is 3.13. The molecule has 3 heterocycles. The number of aryl methyl sites for hydroxylation is 1. The second-order valence-electron chi connectivity index (χ2n) is 6.23. The van der Waals surface area contributed by atoms with Crippen LogP contribution in [-0.2, 0) is 4.79 Å². The lowest BCUT2D eigenvalue weighted by atomic mass is 9.99. The molecule has 0 radical (unpaired) electrons. The smallest absolute Gasteiger partial charge is 0.220 e. The number of benzene rings is 1. The Bertz CT molecular complexity index is 950. The van der Waals surface area contributed by atoms with Gasteiger partial charge in [0.15, 0.2) is 11.2 Å². The van der Waals surface area contributed by atoms with Crippen LogP contribution in [0, 0.1) is 6.92 Å². The van der Waals surface area contributed by atoms with Crippen LogP contribution in [0.3, 0.4) is 0 Å². The summed E-state index contributed by atoms with van der Waals surface area (Å²) in [4.78, 5) is 20.3. The zero-order valence-electron chi connectivity index (χ0n) is 13.5. The van der Waals surface area contributed by atoms with Gasteiger partial charge in [0.2, 0.25) is 11.8 Å². The van der Waals surface area contributed by atoms with Crippen molar-refractivity contribution in [3.63, 3.8) is 0 Å². The SMILES string of the molecule is Cc1cc(Cl)cc(O)c1-c1ccc2oc([C@H]3CCC(=O)NC3)nc2n1. The first-order valence-corrected chi connectivity index (χ1v) is 8.43. The second-order valence-corrected chi connectivity index (χ2v) is 6.66. The Morgan fingerprint density at radius 3 is 2.88 bits per heavy atom. The number of hydrogen-bond donors (Lipinski definition) is 2. The highest BCUT2D eigenvalue weighted by molar-refractivity contribution is 6.31. The number of carbonyl (C=O) groups is 1. The highest BCUT2D eigenvalue weighted by Crippen LogP contribution is 2.35. The van der Waals surface area contributed by atoms with Gasteiger partial charge < -0.3 is 14.8 Å². The van der Waals surface area contributed by atoms with Gasteiger partial charge in [-0.2, -0.15) is 4.98 Å². The molecule has 4 rings (SSSR count). The van der Waals surface area contributed by atoms with E-state index in [1.807, 2.05) is 6.92 Å². The summed E-state index contributed by atoms with van der Waals surface area (Å²) in [7, 11) is 0. The topological polar surface area (TPSA) is 88.3 Å². The Hall–Kier alpha value is -2.60. The zero-order valence-corrected chi connectivity index (χ0v) is 14.3. The fourth-order valence-corrected chi connectivity index (χ4v) is 3.42. The van der Waals surface area contributed by atoms with Crippen LogP contribution in [0.2, 0.25) is 5.02 Å². The summed E-state index contributed by atoms with van der Waals surface area (Å²) in [5, 5.41) is 13.5. The first-order valence-electron chi connectivity index (χ1n) is 8.05. The molecule has 25 heavy (non-hydrogen) atoms. The molecule has 0 saturated carbocycles. The first-order chi connectivity index (χ1) is 12.0. The average Bonchev–Trinajstić information content (AvgIpc) is 2.98. The number of phenols is 1. The van der Waals surface area contributed by atoms with Gasteiger partial charge in [0, 0.05) is 23.6 Å². The van der Waals surface area contributed by atoms with Crippen LogP contribution in [0.5, 0.6) is 5.75 Å². The van der Waals surface area contributed by atoms with Crippen LogP contribution in [0.4, 0.5) is 0 Å². The fraction of sp³-hybridized carbons (Fsp3) is 0.278. The summed E-state index contributed by atoms with van der Waals surface area (Å²) in [6.45, 7) is 2.39. The number of oxazole rings is 1. The molecule has 6 nitrogen and oxygen atoms in total. The molecule has 2 aromatic heterocycles. The summed E-state index contributed by atoms with van der Waals surface area (Å²) in [5.74, 6) is 0.773. The molecule has 2 N–H and O–H groups in total. The largest absolute Gasteiger partial charge is 0.507 e. The minimum Gasteiger partial charge on any atom is -0.507 e. The van der Waals surface area contributed by atoms with E-state index in [2.05, 4.69) is 15.3 Å². The van der Waals surface area contributed by atoms with Gasteiger partial charge in [0.25, 0.3) is 0 Å². The molecule has 1 fully saturated rings. The van der Waals surface area contributed by atoms with Gasteiger partial charge in [-0.25, -0.2) is 4.98 Å². The predicted octanol–water partition coefficient (Wildman–Crippen LogP) is 3.55. The van der Waals surface area contributed by atoms with E-state index in [4.69, 9.17) is 16.0 Å². The number of aromatic hydroxyl groups is 1. The van der Waals surface area contributed by atoms with E-state index >= 15 is 0 Å². The van der Waals surface area contributed by atoms with Crippen molar-refractivity contribution < 1.29 is 14.3 Å². The van der Waals surface area contributed by atoms with E-state index in [-0.39, 0.29) is 17.6 Å². The number of phenolic OH excluding ortho intramolecular Hbond substituents is 1. The lowest BCUT2D eigenvalue weighted by molar-refractivity contribution is -0.122. The molecule has 0 unspecified atom stereocenters. The van der Waals surface area contributed by atoms with Crippen molar-refractivity contribution in [3.05, 3.63) is 40.7 Å². The van der Waals surface area contributed by atoms with Crippen molar-refractivity contribution in [2.75, 3.05) is 6.54 Å². The predicted molar refractivity (Wildman–Crippen MR) is 93.6 cm³/mol. The maximum Gasteiger partial charge on any atom is 0.220 e. The van der Waals surface area contributed by atoms with Crippen molar-refractivity contribution in [2.45, 2.75) is 25.7 Å². The first kappa shape index (κ1) is 15.9. The van der Waals surface area contributed by atoms with E-state index < -0.39 is 0 Å². The molecular weight excluding hydrogens is 342 g/mol. The fourth-order valence-electron chi connectivity index (χ4n) is 3.15. The third-order valence-corrected chi connectivity index (χ3v) is 4.64. The summed E-state index contributed by atoms with van der Waals surface area (Å²) in [6, 6.07) is 6.86. The van der Waals surface area contributed by atoms with E-state index in [1.54, 1.807) is 18.2 Å².